The van der Waals surface area contributed by atoms with Crippen LogP contribution in [0.25, 0.3) is 0 Å². The van der Waals surface area contributed by atoms with E-state index in [9.17, 15) is 13.2 Å². The van der Waals surface area contributed by atoms with Crippen LogP contribution < -0.4 is 15.4 Å². The average Bonchev–Trinajstić information content (AvgIpc) is 3.07. The smallest absolute Gasteiger partial charge is 0.434 e. The van der Waals surface area contributed by atoms with Gasteiger partial charge < -0.3 is 15.4 Å². The molecular formula is C16H20F3IN4OS. The molecule has 10 heteroatoms. The van der Waals surface area contributed by atoms with E-state index in [1.807, 2.05) is 31.2 Å². The number of guanidine groups is 1. The van der Waals surface area contributed by atoms with Gasteiger partial charge in [0.05, 0.1) is 20.2 Å². The van der Waals surface area contributed by atoms with Gasteiger partial charge in [-0.2, -0.15) is 13.2 Å². The summed E-state index contributed by atoms with van der Waals surface area (Å²) in [6.07, 6.45) is -4.42. The molecule has 5 nitrogen and oxygen atoms in total. The number of halogens is 4. The number of ether oxygens (including phenoxy) is 1. The molecule has 2 rings (SSSR count). The summed E-state index contributed by atoms with van der Waals surface area (Å²) >= 11 is 0.963. The van der Waals surface area contributed by atoms with Crippen LogP contribution in [0.1, 0.15) is 23.2 Å². The molecule has 1 aromatic heterocycles. The van der Waals surface area contributed by atoms with Crippen LogP contribution in [0.2, 0.25) is 0 Å². The summed E-state index contributed by atoms with van der Waals surface area (Å²) in [7, 11) is 1.59. The molecule has 0 radical (unpaired) electrons. The van der Waals surface area contributed by atoms with Crippen LogP contribution in [-0.2, 0) is 19.3 Å². The van der Waals surface area contributed by atoms with E-state index in [0.717, 1.165) is 28.0 Å². The van der Waals surface area contributed by atoms with Gasteiger partial charge in [-0.3, -0.25) is 0 Å². The summed E-state index contributed by atoms with van der Waals surface area (Å²) < 4.78 is 42.9. The third kappa shape index (κ3) is 6.98. The Labute approximate surface area is 171 Å². The third-order valence-electron chi connectivity index (χ3n) is 3.15. The van der Waals surface area contributed by atoms with Gasteiger partial charge in [0.25, 0.3) is 0 Å². The maximum absolute atomic E-state index is 12.6. The molecule has 0 saturated heterocycles. The minimum atomic E-state index is -4.42. The van der Waals surface area contributed by atoms with Crippen molar-refractivity contribution in [3.05, 3.63) is 45.9 Å². The average molecular weight is 500 g/mol. The molecule has 26 heavy (non-hydrogen) atoms. The van der Waals surface area contributed by atoms with Crippen molar-refractivity contribution in [2.45, 2.75) is 26.2 Å². The molecule has 0 bridgehead atoms. The van der Waals surface area contributed by atoms with Gasteiger partial charge in [0.1, 0.15) is 10.8 Å². The number of thiazole rings is 1. The Morgan fingerprint density at radius 2 is 2.08 bits per heavy atom. The number of nitrogens with zero attached hydrogens (tertiary/aromatic N) is 2. The van der Waals surface area contributed by atoms with Gasteiger partial charge in [0.15, 0.2) is 11.7 Å². The van der Waals surface area contributed by atoms with E-state index < -0.39 is 11.9 Å². The lowest BCUT2D eigenvalue weighted by molar-refractivity contribution is -0.140. The molecule has 0 spiro atoms. The Morgan fingerprint density at radius 1 is 1.31 bits per heavy atom. The van der Waals surface area contributed by atoms with E-state index in [-0.39, 0.29) is 30.5 Å². The van der Waals surface area contributed by atoms with Crippen molar-refractivity contribution in [2.24, 2.45) is 4.99 Å². The number of hydrogen-bond acceptors (Lipinski definition) is 4. The second-order valence-corrected chi connectivity index (χ2v) is 5.97. The van der Waals surface area contributed by atoms with Crippen LogP contribution >= 0.6 is 35.3 Å². The van der Waals surface area contributed by atoms with Crippen LogP contribution in [0, 0.1) is 0 Å². The van der Waals surface area contributed by atoms with E-state index in [4.69, 9.17) is 4.74 Å². The van der Waals surface area contributed by atoms with Gasteiger partial charge in [-0.15, -0.1) is 35.3 Å². The lowest BCUT2D eigenvalue weighted by Gasteiger charge is -2.10. The minimum absolute atomic E-state index is 0. The molecule has 0 aliphatic carbocycles. The van der Waals surface area contributed by atoms with Gasteiger partial charge in [0, 0.05) is 11.9 Å². The molecule has 1 aromatic carbocycles. The standard InChI is InChI=1S/C16H19F3N4OS.HI/c1-3-20-15(21-8-11-5-4-6-12(7-11)24-2)22-9-14-23-13(10-25-14)16(17,18)19;/h4-7,10H,3,8-9H2,1-2H3,(H2,20,21,22);1H. The fourth-order valence-electron chi connectivity index (χ4n) is 1.96. The Hall–Kier alpha value is -1.56. The first kappa shape index (κ1) is 22.5. The quantitative estimate of drug-likeness (QED) is 0.357. The van der Waals surface area contributed by atoms with Crippen molar-refractivity contribution < 1.29 is 17.9 Å². The highest BCUT2D eigenvalue weighted by molar-refractivity contribution is 14.0. The van der Waals surface area contributed by atoms with E-state index in [1.165, 1.54) is 0 Å². The largest absolute Gasteiger partial charge is 0.497 e. The van der Waals surface area contributed by atoms with E-state index in [1.54, 1.807) is 7.11 Å². The summed E-state index contributed by atoms with van der Waals surface area (Å²) in [5, 5.41) is 7.40. The number of hydrogen-bond donors (Lipinski definition) is 2. The van der Waals surface area contributed by atoms with Gasteiger partial charge >= 0.3 is 6.18 Å². The van der Waals surface area contributed by atoms with Gasteiger partial charge in [-0.1, -0.05) is 12.1 Å². The Balaban J connectivity index is 0.00000338. The number of benzene rings is 1. The van der Waals surface area contributed by atoms with Gasteiger partial charge in [0.2, 0.25) is 0 Å². The molecule has 0 fully saturated rings. The van der Waals surface area contributed by atoms with E-state index >= 15 is 0 Å². The van der Waals surface area contributed by atoms with Crippen molar-refractivity contribution in [1.29, 1.82) is 0 Å². The second-order valence-electron chi connectivity index (χ2n) is 5.02. The van der Waals surface area contributed by atoms with Crippen molar-refractivity contribution in [3.63, 3.8) is 0 Å². The van der Waals surface area contributed by atoms with Gasteiger partial charge in [-0.25, -0.2) is 9.98 Å². The number of methoxy groups -OCH3 is 1. The molecule has 0 saturated carbocycles. The maximum Gasteiger partial charge on any atom is 0.434 e. The predicted octanol–water partition coefficient (Wildman–Crippen LogP) is 4.04. The van der Waals surface area contributed by atoms with E-state index in [0.29, 0.717) is 24.1 Å². The second kappa shape index (κ2) is 10.6. The van der Waals surface area contributed by atoms with Crippen LogP contribution in [-0.4, -0.2) is 24.6 Å². The molecule has 144 valence electrons. The third-order valence-corrected chi connectivity index (χ3v) is 4.00. The number of rotatable bonds is 6. The molecule has 1 heterocycles. The highest BCUT2D eigenvalue weighted by atomic mass is 127. The van der Waals surface area contributed by atoms with Crippen molar-refractivity contribution >= 4 is 41.3 Å². The van der Waals surface area contributed by atoms with Crippen LogP contribution in [0.5, 0.6) is 5.75 Å². The normalized spacial score (nSPS) is 11.7. The molecule has 2 aromatic rings. The molecule has 0 amide bonds. The Kier molecular flexibility index (Phi) is 9.13. The maximum atomic E-state index is 12.6. The topological polar surface area (TPSA) is 58.5 Å². The first-order valence-electron chi connectivity index (χ1n) is 7.59. The summed E-state index contributed by atoms with van der Waals surface area (Å²) in [4.78, 5) is 8.01. The SMILES string of the molecule is CCNC(=NCc1cccc(OC)c1)NCc1nc(C(F)(F)F)cs1.I. The lowest BCUT2D eigenvalue weighted by Crippen LogP contribution is -2.36. The minimum Gasteiger partial charge on any atom is -0.497 e. The lowest BCUT2D eigenvalue weighted by atomic mass is 10.2. The van der Waals surface area contributed by atoms with Crippen LogP contribution in [0.4, 0.5) is 13.2 Å². The zero-order valence-electron chi connectivity index (χ0n) is 14.3. The Bertz CT molecular complexity index is 722. The van der Waals surface area contributed by atoms with Crippen molar-refractivity contribution in [2.75, 3.05) is 13.7 Å². The number of aromatic nitrogens is 1. The molecule has 0 aliphatic heterocycles. The molecular weight excluding hydrogens is 480 g/mol. The van der Waals surface area contributed by atoms with Crippen molar-refractivity contribution in [1.82, 2.24) is 15.6 Å². The van der Waals surface area contributed by atoms with E-state index in [2.05, 4.69) is 20.6 Å². The fourth-order valence-corrected chi connectivity index (χ4v) is 2.71. The zero-order chi connectivity index (χ0) is 18.3. The van der Waals surface area contributed by atoms with Gasteiger partial charge in [-0.05, 0) is 24.6 Å². The first-order valence-corrected chi connectivity index (χ1v) is 8.47. The monoisotopic (exact) mass is 500 g/mol. The summed E-state index contributed by atoms with van der Waals surface area (Å²) in [6, 6.07) is 7.52. The highest BCUT2D eigenvalue weighted by Gasteiger charge is 2.33. The Morgan fingerprint density at radius 3 is 2.69 bits per heavy atom. The highest BCUT2D eigenvalue weighted by Crippen LogP contribution is 2.29. The summed E-state index contributed by atoms with van der Waals surface area (Å²) in [5.41, 5.74) is 0.0952. The number of nitrogens with one attached hydrogen (secondary N) is 2. The number of aliphatic imine (C=N–C) groups is 1. The van der Waals surface area contributed by atoms with Crippen LogP contribution in [0.3, 0.4) is 0 Å². The molecule has 0 aliphatic rings. The zero-order valence-corrected chi connectivity index (χ0v) is 17.4. The summed E-state index contributed by atoms with van der Waals surface area (Å²) in [6.45, 7) is 3.13. The summed E-state index contributed by atoms with van der Waals surface area (Å²) in [5.74, 6) is 1.25. The molecule has 0 atom stereocenters. The predicted molar refractivity (Wildman–Crippen MR) is 107 cm³/mol. The first-order chi connectivity index (χ1) is 11.9. The molecule has 2 N–H and O–H groups in total. The van der Waals surface area contributed by atoms with Crippen molar-refractivity contribution in [3.8, 4) is 5.75 Å². The fraction of sp³-hybridized carbons (Fsp3) is 0.375. The van der Waals surface area contributed by atoms with Crippen LogP contribution in [0.15, 0.2) is 34.6 Å². The number of alkyl halides is 3. The molecule has 0 unspecified atom stereocenters.